The van der Waals surface area contributed by atoms with Crippen LogP contribution in [0.4, 0.5) is 0 Å². The van der Waals surface area contributed by atoms with Crippen molar-refractivity contribution in [1.29, 1.82) is 0 Å². The molecule has 1 aliphatic rings. The number of hydrogen-bond acceptors (Lipinski definition) is 6. The summed E-state index contributed by atoms with van der Waals surface area (Å²) in [5.74, 6) is -0.261. The van der Waals surface area contributed by atoms with Crippen molar-refractivity contribution in [2.24, 2.45) is 0 Å². The van der Waals surface area contributed by atoms with Gasteiger partial charge in [0.25, 0.3) is 4.27 Å². The van der Waals surface area contributed by atoms with Crippen molar-refractivity contribution in [2.45, 2.75) is 14.1 Å². The van der Waals surface area contributed by atoms with Gasteiger partial charge in [-0.3, -0.25) is 0 Å². The highest BCUT2D eigenvalue weighted by molar-refractivity contribution is 8.85. The Bertz CT molecular complexity index is 856. The zero-order chi connectivity index (χ0) is 17.8. The molecule has 0 aromatic heterocycles. The minimum atomic E-state index is -0.783. The first-order chi connectivity index (χ1) is 12.8. The number of carbonyl (C=O) groups is 1. The fourth-order valence-corrected chi connectivity index (χ4v) is 8.53. The Morgan fingerprint density at radius 3 is 1.73 bits per heavy atom. The maximum Gasteiger partial charge on any atom is 0.341 e. The van der Waals surface area contributed by atoms with Gasteiger partial charge in [-0.15, -0.1) is 0 Å². The average Bonchev–Trinajstić information content (AvgIpc) is 2.99. The van der Waals surface area contributed by atoms with Gasteiger partial charge < -0.3 is 4.74 Å². The van der Waals surface area contributed by atoms with Gasteiger partial charge in [-0.1, -0.05) is 76.2 Å². The molecule has 130 valence electrons. The number of hydrogen-bond donors (Lipinski definition) is 0. The van der Waals surface area contributed by atoms with E-state index >= 15 is 0 Å². The third-order valence-corrected chi connectivity index (χ3v) is 10.0. The Balaban J connectivity index is 1.62. The van der Waals surface area contributed by atoms with Crippen molar-refractivity contribution >= 4 is 49.1 Å². The van der Waals surface area contributed by atoms with Crippen LogP contribution in [0.1, 0.15) is 15.9 Å². The Kier molecular flexibility index (Phi) is 5.55. The highest BCUT2D eigenvalue weighted by Crippen LogP contribution is 2.62. The molecule has 0 amide bonds. The van der Waals surface area contributed by atoms with Crippen LogP contribution >= 0.6 is 43.2 Å². The van der Waals surface area contributed by atoms with E-state index in [-0.39, 0.29) is 5.97 Å². The molecule has 26 heavy (non-hydrogen) atoms. The number of carbonyl (C=O) groups excluding carboxylic acids is 1. The molecule has 0 saturated heterocycles. The van der Waals surface area contributed by atoms with E-state index in [4.69, 9.17) is 4.74 Å². The minimum absolute atomic E-state index is 0.261. The first-order valence-electron chi connectivity index (χ1n) is 7.91. The summed E-state index contributed by atoms with van der Waals surface area (Å²) in [5.41, 5.74) is 1.57. The largest absolute Gasteiger partial charge is 0.428 e. The molecule has 6 heteroatoms. The van der Waals surface area contributed by atoms with E-state index in [0.717, 1.165) is 15.4 Å². The monoisotopic (exact) mass is 414 g/mol. The lowest BCUT2D eigenvalue weighted by Gasteiger charge is -2.26. The second-order valence-corrected chi connectivity index (χ2v) is 10.5. The molecule has 2 nitrogen and oxygen atoms in total. The number of fused-ring (bicyclic) bond motifs is 1. The number of cyclic esters (lactones) is 1. The van der Waals surface area contributed by atoms with Gasteiger partial charge >= 0.3 is 5.97 Å². The molecule has 1 aliphatic heterocycles. The molecule has 0 aliphatic carbocycles. The molecular formula is C20H14O2S4. The average molecular weight is 415 g/mol. The molecular weight excluding hydrogens is 400 g/mol. The summed E-state index contributed by atoms with van der Waals surface area (Å²) in [7, 11) is 6.38. The maximum absolute atomic E-state index is 12.4. The number of benzene rings is 3. The Morgan fingerprint density at radius 2 is 1.15 bits per heavy atom. The molecule has 0 fully saturated rings. The van der Waals surface area contributed by atoms with Gasteiger partial charge in [-0.05, 0) is 51.9 Å². The molecule has 0 N–H and O–H groups in total. The quantitative estimate of drug-likeness (QED) is 0.249. The van der Waals surface area contributed by atoms with Crippen molar-refractivity contribution in [3.63, 3.8) is 0 Å². The van der Waals surface area contributed by atoms with Crippen LogP contribution in [0.2, 0.25) is 0 Å². The molecule has 4 rings (SSSR count). The van der Waals surface area contributed by atoms with Crippen molar-refractivity contribution in [3.8, 4) is 0 Å². The van der Waals surface area contributed by atoms with Gasteiger partial charge in [0.1, 0.15) is 0 Å². The lowest BCUT2D eigenvalue weighted by atomic mass is 10.1. The van der Waals surface area contributed by atoms with Crippen molar-refractivity contribution in [3.05, 3.63) is 96.1 Å². The van der Waals surface area contributed by atoms with Gasteiger partial charge in [-0.2, -0.15) is 0 Å². The number of esters is 1. The van der Waals surface area contributed by atoms with E-state index in [2.05, 4.69) is 24.3 Å². The summed E-state index contributed by atoms with van der Waals surface area (Å²) in [5, 5.41) is 0. The molecule has 3 aromatic rings. The smallest absolute Gasteiger partial charge is 0.341 e. The SMILES string of the molecule is O=C1OC(SSc2ccccc2)(SSc2ccccc2)c2ccccc21. The minimum Gasteiger partial charge on any atom is -0.428 e. The van der Waals surface area contributed by atoms with Crippen LogP contribution in [0.5, 0.6) is 0 Å². The van der Waals surface area contributed by atoms with Crippen LogP contribution in [0, 0.1) is 0 Å². The summed E-state index contributed by atoms with van der Waals surface area (Å²) in [4.78, 5) is 14.7. The van der Waals surface area contributed by atoms with Crippen molar-refractivity contribution in [2.75, 3.05) is 0 Å². The van der Waals surface area contributed by atoms with Gasteiger partial charge in [0, 0.05) is 15.4 Å². The van der Waals surface area contributed by atoms with Crippen LogP contribution in [0.25, 0.3) is 0 Å². The number of ether oxygens (including phenoxy) is 1. The van der Waals surface area contributed by atoms with Crippen LogP contribution in [0.15, 0.2) is 94.7 Å². The van der Waals surface area contributed by atoms with Crippen LogP contribution in [-0.2, 0) is 9.00 Å². The third-order valence-electron chi connectivity index (χ3n) is 3.69. The predicted octanol–water partition coefficient (Wildman–Crippen LogP) is 6.85. The molecule has 0 radical (unpaired) electrons. The van der Waals surface area contributed by atoms with Crippen LogP contribution < -0.4 is 0 Å². The second-order valence-electron chi connectivity index (χ2n) is 5.45. The first kappa shape index (κ1) is 17.9. The zero-order valence-corrected chi connectivity index (χ0v) is 16.8. The zero-order valence-electron chi connectivity index (χ0n) is 13.5. The molecule has 0 spiro atoms. The number of rotatable bonds is 6. The lowest BCUT2D eigenvalue weighted by Crippen LogP contribution is -2.15. The Labute approximate surface area is 168 Å². The molecule has 0 saturated carbocycles. The van der Waals surface area contributed by atoms with E-state index < -0.39 is 4.27 Å². The third kappa shape index (κ3) is 3.78. The Hall–Kier alpha value is -1.47. The molecule has 0 bridgehead atoms. The van der Waals surface area contributed by atoms with Crippen molar-refractivity contribution in [1.82, 2.24) is 0 Å². The highest BCUT2D eigenvalue weighted by atomic mass is 33.1. The van der Waals surface area contributed by atoms with Crippen LogP contribution in [0.3, 0.4) is 0 Å². The maximum atomic E-state index is 12.4. The van der Waals surface area contributed by atoms with E-state index in [0.29, 0.717) is 5.56 Å². The summed E-state index contributed by atoms with van der Waals surface area (Å²) in [6.45, 7) is 0. The van der Waals surface area contributed by atoms with E-state index in [1.54, 1.807) is 43.2 Å². The van der Waals surface area contributed by atoms with Gasteiger partial charge in [0.05, 0.1) is 5.56 Å². The van der Waals surface area contributed by atoms with Gasteiger partial charge in [0.2, 0.25) is 0 Å². The predicted molar refractivity (Wildman–Crippen MR) is 113 cm³/mol. The fourth-order valence-electron chi connectivity index (χ4n) is 2.46. The standard InChI is InChI=1S/C20H14O2S4/c21-19-17-13-7-8-14-18(17)20(22-19,25-23-15-9-3-1-4-10-15)26-24-16-11-5-2-6-12-16/h1-14H. The van der Waals surface area contributed by atoms with Crippen molar-refractivity contribution < 1.29 is 9.53 Å². The summed E-state index contributed by atoms with van der Waals surface area (Å²) >= 11 is 0. The lowest BCUT2D eigenvalue weighted by molar-refractivity contribution is 0.0477. The normalized spacial score (nSPS) is 14.7. The van der Waals surface area contributed by atoms with Gasteiger partial charge in [0.15, 0.2) is 0 Å². The van der Waals surface area contributed by atoms with Crippen LogP contribution in [-0.4, -0.2) is 5.97 Å². The topological polar surface area (TPSA) is 26.3 Å². The summed E-state index contributed by atoms with van der Waals surface area (Å²) in [6, 6.07) is 27.9. The second kappa shape index (κ2) is 8.05. The van der Waals surface area contributed by atoms with E-state index in [1.807, 2.05) is 60.7 Å². The molecule has 1 heterocycles. The highest BCUT2D eigenvalue weighted by Gasteiger charge is 2.48. The molecule has 0 atom stereocenters. The Morgan fingerprint density at radius 1 is 0.654 bits per heavy atom. The molecule has 0 unspecified atom stereocenters. The summed E-state index contributed by atoms with van der Waals surface area (Å²) < 4.78 is 5.13. The van der Waals surface area contributed by atoms with E-state index in [9.17, 15) is 4.79 Å². The fraction of sp³-hybridized carbons (Fsp3) is 0.0500. The van der Waals surface area contributed by atoms with Gasteiger partial charge in [-0.25, -0.2) is 4.79 Å². The van der Waals surface area contributed by atoms with E-state index in [1.165, 1.54) is 0 Å². The first-order valence-corrected chi connectivity index (χ1v) is 12.2. The summed E-state index contributed by atoms with van der Waals surface area (Å²) in [6.07, 6.45) is 0. The molecule has 3 aromatic carbocycles.